The van der Waals surface area contributed by atoms with Gasteiger partial charge in [0.05, 0.1) is 19.9 Å². The Kier molecular flexibility index (Phi) is 8.39. The lowest BCUT2D eigenvalue weighted by molar-refractivity contribution is 0.0962. The van der Waals surface area contributed by atoms with E-state index in [-0.39, 0.29) is 11.7 Å². The third-order valence-electron chi connectivity index (χ3n) is 6.49. The first-order valence-corrected chi connectivity index (χ1v) is 12.2. The predicted octanol–water partition coefficient (Wildman–Crippen LogP) is 3.27. The van der Waals surface area contributed by atoms with Crippen molar-refractivity contribution in [3.63, 3.8) is 0 Å². The van der Waals surface area contributed by atoms with Crippen LogP contribution in [0, 0.1) is 5.82 Å². The Hall–Kier alpha value is -3.92. The number of aryl methyl sites for hydroxylation is 2. The molecule has 0 atom stereocenters. The number of nitrogens with one attached hydrogen (secondary N) is 2. The lowest BCUT2D eigenvalue weighted by Gasteiger charge is -2.34. The molecule has 10 heteroatoms. The minimum atomic E-state index is -0.469. The highest BCUT2D eigenvalue weighted by Gasteiger charge is 2.18. The van der Waals surface area contributed by atoms with Crippen molar-refractivity contribution in [3.8, 4) is 11.5 Å². The van der Waals surface area contributed by atoms with Gasteiger partial charge in [-0.3, -0.25) is 4.79 Å². The fraction of sp³-hybridized carbons (Fsp3) is 0.370. The van der Waals surface area contributed by atoms with Crippen LogP contribution in [0.2, 0.25) is 0 Å². The van der Waals surface area contributed by atoms with Gasteiger partial charge >= 0.3 is 0 Å². The molecule has 2 aromatic carbocycles. The van der Waals surface area contributed by atoms with Crippen LogP contribution in [0.4, 0.5) is 21.7 Å². The van der Waals surface area contributed by atoms with Gasteiger partial charge in [0.25, 0.3) is 5.91 Å². The number of ether oxygens (including phenoxy) is 2. The summed E-state index contributed by atoms with van der Waals surface area (Å²) in [5.41, 5.74) is 3.48. The topological polar surface area (TPSA) is 91.9 Å². The summed E-state index contributed by atoms with van der Waals surface area (Å²) in [4.78, 5) is 25.5. The molecule has 1 aliphatic rings. The normalized spacial score (nSPS) is 13.8. The summed E-state index contributed by atoms with van der Waals surface area (Å²) >= 11 is 0. The molecule has 0 spiro atoms. The maximum absolute atomic E-state index is 14.7. The molecule has 2 heterocycles. The maximum atomic E-state index is 14.7. The van der Waals surface area contributed by atoms with E-state index >= 15 is 0 Å². The van der Waals surface area contributed by atoms with E-state index in [1.54, 1.807) is 25.6 Å². The second-order valence-corrected chi connectivity index (χ2v) is 8.95. The van der Waals surface area contributed by atoms with Gasteiger partial charge in [-0.2, -0.15) is 0 Å². The number of hydrogen-bond donors (Lipinski definition) is 2. The summed E-state index contributed by atoms with van der Waals surface area (Å²) in [7, 11) is 6.72. The number of piperazine rings is 1. The van der Waals surface area contributed by atoms with Crippen LogP contribution in [0.5, 0.6) is 11.5 Å². The molecule has 196 valence electrons. The Bertz CT molecular complexity index is 1230. The molecule has 1 aromatic heterocycles. The van der Waals surface area contributed by atoms with Crippen LogP contribution >= 0.6 is 0 Å². The summed E-state index contributed by atoms with van der Waals surface area (Å²) in [5.74, 6) is 0.519. The number of nitrogens with zero attached hydrogens (tertiary/aromatic N) is 4. The first-order chi connectivity index (χ1) is 17.9. The predicted molar refractivity (Wildman–Crippen MR) is 142 cm³/mol. The number of carbonyl (C=O) groups excluding carboxylic acids is 1. The molecule has 0 saturated carbocycles. The van der Waals surface area contributed by atoms with Crippen LogP contribution in [-0.2, 0) is 12.8 Å². The Balaban J connectivity index is 1.41. The molecule has 1 aliphatic heterocycles. The number of hydrogen-bond acceptors (Lipinski definition) is 8. The minimum absolute atomic E-state index is 0.0426. The molecule has 1 amide bonds. The molecule has 0 bridgehead atoms. The van der Waals surface area contributed by atoms with Gasteiger partial charge in [0.15, 0.2) is 11.6 Å². The van der Waals surface area contributed by atoms with Crippen LogP contribution in [-0.4, -0.2) is 75.3 Å². The Morgan fingerprint density at radius 3 is 2.35 bits per heavy atom. The molecule has 9 nitrogen and oxygen atoms in total. The zero-order valence-corrected chi connectivity index (χ0v) is 21.7. The van der Waals surface area contributed by atoms with Gasteiger partial charge in [0.1, 0.15) is 5.75 Å². The van der Waals surface area contributed by atoms with Crippen molar-refractivity contribution in [1.82, 2.24) is 20.2 Å². The average molecular weight is 509 g/mol. The van der Waals surface area contributed by atoms with Gasteiger partial charge < -0.3 is 29.9 Å². The van der Waals surface area contributed by atoms with Gasteiger partial charge in [-0.15, -0.1) is 0 Å². The number of amides is 1. The summed E-state index contributed by atoms with van der Waals surface area (Å²) in [6, 6.07) is 8.93. The molecule has 3 aromatic rings. The number of carbonyl (C=O) groups is 1. The highest BCUT2D eigenvalue weighted by molar-refractivity contribution is 5.94. The third kappa shape index (κ3) is 6.26. The van der Waals surface area contributed by atoms with Gasteiger partial charge in [0, 0.05) is 62.9 Å². The van der Waals surface area contributed by atoms with E-state index < -0.39 is 5.82 Å². The van der Waals surface area contributed by atoms with Crippen LogP contribution in [0.3, 0.4) is 0 Å². The number of aromatic nitrogens is 2. The molecule has 0 aliphatic carbocycles. The SMILES string of the molecule is CNC(=O)c1cc(CCc2cnc(Nc3ccc(N4CCN(C)CC4)c(OC)c3)nc2)c(F)c(OC)c1. The summed E-state index contributed by atoms with van der Waals surface area (Å²) < 4.78 is 25.5. The lowest BCUT2D eigenvalue weighted by atomic mass is 10.0. The van der Waals surface area contributed by atoms with Crippen molar-refractivity contribution in [2.45, 2.75) is 12.8 Å². The monoisotopic (exact) mass is 508 g/mol. The highest BCUT2D eigenvalue weighted by atomic mass is 19.1. The zero-order valence-electron chi connectivity index (χ0n) is 21.7. The molecule has 0 unspecified atom stereocenters. The van der Waals surface area contributed by atoms with E-state index in [2.05, 4.69) is 43.5 Å². The summed E-state index contributed by atoms with van der Waals surface area (Å²) in [6.45, 7) is 3.94. The Morgan fingerprint density at radius 1 is 1.00 bits per heavy atom. The number of anilines is 3. The summed E-state index contributed by atoms with van der Waals surface area (Å²) in [5, 5.41) is 5.77. The van der Waals surface area contributed by atoms with E-state index in [0.29, 0.717) is 29.9 Å². The highest BCUT2D eigenvalue weighted by Crippen LogP contribution is 2.32. The quantitative estimate of drug-likeness (QED) is 0.455. The van der Waals surface area contributed by atoms with Crippen LogP contribution in [0.25, 0.3) is 0 Å². The van der Waals surface area contributed by atoms with Crippen molar-refractivity contribution < 1.29 is 18.7 Å². The number of halogens is 1. The minimum Gasteiger partial charge on any atom is -0.495 e. The Morgan fingerprint density at radius 2 is 1.70 bits per heavy atom. The standard InChI is InChI=1S/C27H33FN6O3/c1-29-26(35)20-13-19(25(28)24(14-20)37-4)6-5-18-16-30-27(31-17-18)32-21-7-8-22(23(15-21)36-3)34-11-9-33(2)10-12-34/h7-8,13-17H,5-6,9-12H2,1-4H3,(H,29,35)(H,30,31,32). The molecular weight excluding hydrogens is 475 g/mol. The summed E-state index contributed by atoms with van der Waals surface area (Å²) in [6.07, 6.45) is 4.30. The number of likely N-dealkylation sites (N-methyl/N-ethyl adjacent to an activating group) is 1. The molecule has 1 fully saturated rings. The van der Waals surface area contributed by atoms with E-state index in [0.717, 1.165) is 48.9 Å². The van der Waals surface area contributed by atoms with Gasteiger partial charge in [-0.25, -0.2) is 14.4 Å². The number of benzene rings is 2. The van der Waals surface area contributed by atoms with E-state index in [9.17, 15) is 9.18 Å². The van der Waals surface area contributed by atoms with Crippen molar-refractivity contribution >= 4 is 23.2 Å². The largest absolute Gasteiger partial charge is 0.495 e. The average Bonchev–Trinajstić information content (AvgIpc) is 2.93. The van der Waals surface area contributed by atoms with Crippen LogP contribution < -0.4 is 25.0 Å². The Labute approximate surface area is 216 Å². The van der Waals surface area contributed by atoms with Gasteiger partial charge in [0.2, 0.25) is 5.95 Å². The molecule has 37 heavy (non-hydrogen) atoms. The fourth-order valence-corrected chi connectivity index (χ4v) is 4.28. The molecule has 0 radical (unpaired) electrons. The van der Waals surface area contributed by atoms with E-state index in [4.69, 9.17) is 9.47 Å². The third-order valence-corrected chi connectivity index (χ3v) is 6.49. The van der Waals surface area contributed by atoms with Crippen LogP contribution in [0.15, 0.2) is 42.7 Å². The molecular formula is C27H33FN6O3. The maximum Gasteiger partial charge on any atom is 0.251 e. The zero-order chi connectivity index (χ0) is 26.4. The van der Waals surface area contributed by atoms with Gasteiger partial charge in [-0.1, -0.05) is 0 Å². The van der Waals surface area contributed by atoms with Gasteiger partial charge in [-0.05, 0) is 55.3 Å². The van der Waals surface area contributed by atoms with E-state index in [1.807, 2.05) is 12.1 Å². The van der Waals surface area contributed by atoms with E-state index in [1.165, 1.54) is 20.2 Å². The van der Waals surface area contributed by atoms with Crippen molar-refractivity contribution in [2.24, 2.45) is 0 Å². The second-order valence-electron chi connectivity index (χ2n) is 8.95. The first kappa shape index (κ1) is 26.2. The van der Waals surface area contributed by atoms with Crippen LogP contribution in [0.1, 0.15) is 21.5 Å². The van der Waals surface area contributed by atoms with Crippen molar-refractivity contribution in [3.05, 3.63) is 65.2 Å². The number of rotatable bonds is 9. The van der Waals surface area contributed by atoms with Crippen molar-refractivity contribution in [1.29, 1.82) is 0 Å². The fourth-order valence-electron chi connectivity index (χ4n) is 4.28. The second kappa shape index (κ2) is 11.9. The molecule has 1 saturated heterocycles. The lowest BCUT2D eigenvalue weighted by Crippen LogP contribution is -2.44. The first-order valence-electron chi connectivity index (χ1n) is 12.2. The molecule has 4 rings (SSSR count). The molecule has 2 N–H and O–H groups in total. The number of methoxy groups -OCH3 is 2. The van der Waals surface area contributed by atoms with Crippen molar-refractivity contribution in [2.75, 3.05) is 64.7 Å². The smallest absolute Gasteiger partial charge is 0.251 e.